The van der Waals surface area contributed by atoms with Gasteiger partial charge in [-0.05, 0) is 30.2 Å². The molecule has 0 radical (unpaired) electrons. The summed E-state index contributed by atoms with van der Waals surface area (Å²) >= 11 is 0. The molecule has 5 rings (SSSR count). The largest absolute Gasteiger partial charge is 0.380 e. The van der Waals surface area contributed by atoms with Crippen molar-refractivity contribution in [2.75, 3.05) is 37.0 Å². The Balaban J connectivity index is 1.69. The van der Waals surface area contributed by atoms with Gasteiger partial charge in [-0.2, -0.15) is 0 Å². The number of allylic oxidation sites excluding steroid dienone is 1. The summed E-state index contributed by atoms with van der Waals surface area (Å²) in [5, 5.41) is 0. The van der Waals surface area contributed by atoms with Gasteiger partial charge in [0, 0.05) is 48.7 Å². The number of sulfone groups is 1. The molecule has 0 amide bonds. The summed E-state index contributed by atoms with van der Waals surface area (Å²) in [6, 6.07) is 5.40. The lowest BCUT2D eigenvalue weighted by Gasteiger charge is -2.56. The molecule has 0 N–H and O–H groups in total. The lowest BCUT2D eigenvalue weighted by Crippen LogP contribution is -2.66. The Labute approximate surface area is 170 Å². The van der Waals surface area contributed by atoms with Crippen LogP contribution in [0.4, 0.5) is 5.69 Å². The van der Waals surface area contributed by atoms with Crippen LogP contribution < -0.4 is 10.5 Å². The number of benzene rings is 1. The Morgan fingerprint density at radius 3 is 2.59 bits per heavy atom. The lowest BCUT2D eigenvalue weighted by molar-refractivity contribution is -0.127. The first-order chi connectivity index (χ1) is 13.8. The summed E-state index contributed by atoms with van der Waals surface area (Å²) in [6.45, 7) is 5.05. The Morgan fingerprint density at radius 2 is 1.93 bits per heavy atom. The highest BCUT2D eigenvalue weighted by Gasteiger charge is 2.49. The highest BCUT2D eigenvalue weighted by molar-refractivity contribution is 7.91. The van der Waals surface area contributed by atoms with E-state index in [1.165, 1.54) is 0 Å². The van der Waals surface area contributed by atoms with Crippen molar-refractivity contribution in [3.05, 3.63) is 52.0 Å². The van der Waals surface area contributed by atoms with Crippen LogP contribution in [0.25, 0.3) is 17.2 Å². The van der Waals surface area contributed by atoms with Gasteiger partial charge in [0.25, 0.3) is 5.56 Å². The molecule has 0 atom stereocenters. The van der Waals surface area contributed by atoms with Crippen molar-refractivity contribution in [1.29, 1.82) is 0 Å². The summed E-state index contributed by atoms with van der Waals surface area (Å²) in [6.07, 6.45) is 6.42. The lowest BCUT2D eigenvalue weighted by atomic mass is 9.77. The number of hydrogen-bond donors (Lipinski definition) is 0. The van der Waals surface area contributed by atoms with Crippen molar-refractivity contribution in [3.63, 3.8) is 0 Å². The standard InChI is InChI=1S/C22H24N2O4S/c1-3-29(26,27)15-7-8-20(24-11-22(12-24)13-28-14-22)18(9-15)19-10-23(2)21(25)17-6-4-5-16(17)19/h4-5,7-10H,3,6,11-14H2,1-2H3. The van der Waals surface area contributed by atoms with Crippen LogP contribution in [0.1, 0.15) is 18.1 Å². The molecule has 152 valence electrons. The zero-order valence-electron chi connectivity index (χ0n) is 16.6. The van der Waals surface area contributed by atoms with E-state index >= 15 is 0 Å². The minimum Gasteiger partial charge on any atom is -0.380 e. The van der Waals surface area contributed by atoms with Crippen LogP contribution in [-0.4, -0.2) is 45.0 Å². The number of nitrogens with zero attached hydrogens (tertiary/aromatic N) is 2. The van der Waals surface area contributed by atoms with Gasteiger partial charge in [0.1, 0.15) is 0 Å². The molecule has 0 bridgehead atoms. The van der Waals surface area contributed by atoms with E-state index in [4.69, 9.17) is 4.74 Å². The normalized spacial score (nSPS) is 19.2. The molecule has 2 fully saturated rings. The van der Waals surface area contributed by atoms with E-state index in [9.17, 15) is 13.2 Å². The number of aromatic nitrogens is 1. The first kappa shape index (κ1) is 18.6. The summed E-state index contributed by atoms with van der Waals surface area (Å²) in [5.41, 5.74) is 4.71. The fourth-order valence-corrected chi connectivity index (χ4v) is 5.49. The predicted molar refractivity (Wildman–Crippen MR) is 113 cm³/mol. The van der Waals surface area contributed by atoms with Crippen molar-refractivity contribution >= 4 is 21.6 Å². The molecular formula is C22H24N2O4S. The van der Waals surface area contributed by atoms with Gasteiger partial charge in [-0.3, -0.25) is 4.79 Å². The van der Waals surface area contributed by atoms with Gasteiger partial charge in [-0.25, -0.2) is 8.42 Å². The number of anilines is 1. The first-order valence-electron chi connectivity index (χ1n) is 9.92. The average Bonchev–Trinajstić information content (AvgIpc) is 3.12. The third-order valence-corrected chi connectivity index (χ3v) is 8.06. The molecule has 2 aliphatic heterocycles. The topological polar surface area (TPSA) is 68.6 Å². The van der Waals surface area contributed by atoms with Gasteiger partial charge in [-0.15, -0.1) is 0 Å². The van der Waals surface area contributed by atoms with Crippen LogP contribution >= 0.6 is 0 Å². The molecule has 2 aromatic rings. The molecule has 1 aliphatic carbocycles. The molecule has 6 nitrogen and oxygen atoms in total. The quantitative estimate of drug-likeness (QED) is 0.771. The van der Waals surface area contributed by atoms with Gasteiger partial charge in [0.2, 0.25) is 0 Å². The Kier molecular flexibility index (Phi) is 4.05. The molecule has 1 aromatic heterocycles. The van der Waals surface area contributed by atoms with E-state index < -0.39 is 9.84 Å². The Morgan fingerprint density at radius 1 is 1.17 bits per heavy atom. The van der Waals surface area contributed by atoms with Crippen LogP contribution in [0.2, 0.25) is 0 Å². The molecular weight excluding hydrogens is 388 g/mol. The van der Waals surface area contributed by atoms with Crippen LogP contribution in [-0.2, 0) is 28.0 Å². The fraction of sp³-hybridized carbons (Fsp3) is 0.409. The molecule has 7 heteroatoms. The minimum atomic E-state index is -3.33. The van der Waals surface area contributed by atoms with Crippen molar-refractivity contribution < 1.29 is 13.2 Å². The molecule has 3 aliphatic rings. The first-order valence-corrected chi connectivity index (χ1v) is 11.6. The van der Waals surface area contributed by atoms with Gasteiger partial charge < -0.3 is 14.2 Å². The van der Waals surface area contributed by atoms with Crippen molar-refractivity contribution in [2.45, 2.75) is 18.2 Å². The molecule has 0 unspecified atom stereocenters. The Bertz CT molecular complexity index is 1200. The number of ether oxygens (including phenoxy) is 1. The third kappa shape index (κ3) is 2.79. The summed E-state index contributed by atoms with van der Waals surface area (Å²) in [7, 11) is -1.58. The number of aryl methyl sites for hydroxylation is 1. The predicted octanol–water partition coefficient (Wildman–Crippen LogP) is 2.25. The van der Waals surface area contributed by atoms with Crippen molar-refractivity contribution in [1.82, 2.24) is 4.57 Å². The van der Waals surface area contributed by atoms with E-state index in [1.807, 2.05) is 24.4 Å². The minimum absolute atomic E-state index is 0.00199. The SMILES string of the molecule is CCS(=O)(=O)c1ccc(N2CC3(COC3)C2)c(-c2cn(C)c(=O)c3c2C=CC3)c1. The van der Waals surface area contributed by atoms with Gasteiger partial charge >= 0.3 is 0 Å². The molecule has 1 spiro atoms. The second kappa shape index (κ2) is 6.31. The van der Waals surface area contributed by atoms with E-state index in [-0.39, 0.29) is 16.7 Å². The maximum Gasteiger partial charge on any atom is 0.254 e. The number of fused-ring (bicyclic) bond motifs is 1. The summed E-state index contributed by atoms with van der Waals surface area (Å²) < 4.78 is 32.1. The van der Waals surface area contributed by atoms with Crippen molar-refractivity contribution in [2.24, 2.45) is 12.5 Å². The van der Waals surface area contributed by atoms with E-state index in [1.54, 1.807) is 30.7 Å². The maximum atomic E-state index is 12.6. The highest BCUT2D eigenvalue weighted by Crippen LogP contribution is 2.45. The van der Waals surface area contributed by atoms with Crippen LogP contribution in [0, 0.1) is 5.41 Å². The molecule has 1 aromatic carbocycles. The van der Waals surface area contributed by atoms with Crippen LogP contribution in [0.15, 0.2) is 40.2 Å². The molecule has 2 saturated heterocycles. The van der Waals surface area contributed by atoms with Crippen molar-refractivity contribution in [3.8, 4) is 11.1 Å². The van der Waals surface area contributed by atoms with Crippen LogP contribution in [0.5, 0.6) is 0 Å². The summed E-state index contributed by atoms with van der Waals surface area (Å²) in [5.74, 6) is 0.0568. The average molecular weight is 413 g/mol. The van der Waals surface area contributed by atoms with E-state index in [0.717, 1.165) is 54.2 Å². The highest BCUT2D eigenvalue weighted by atomic mass is 32.2. The van der Waals surface area contributed by atoms with Gasteiger partial charge in [0.05, 0.1) is 29.3 Å². The third-order valence-electron chi connectivity index (χ3n) is 6.33. The second-order valence-electron chi connectivity index (χ2n) is 8.39. The zero-order valence-corrected chi connectivity index (χ0v) is 17.5. The maximum absolute atomic E-state index is 12.6. The fourth-order valence-electron chi connectivity index (χ4n) is 4.58. The zero-order chi connectivity index (χ0) is 20.4. The number of rotatable bonds is 4. The number of pyridine rings is 1. The molecule has 0 saturated carbocycles. The molecule has 29 heavy (non-hydrogen) atoms. The van der Waals surface area contributed by atoms with Crippen LogP contribution in [0.3, 0.4) is 0 Å². The van der Waals surface area contributed by atoms with Gasteiger partial charge in [0.15, 0.2) is 9.84 Å². The van der Waals surface area contributed by atoms with Gasteiger partial charge in [-0.1, -0.05) is 19.1 Å². The second-order valence-corrected chi connectivity index (χ2v) is 10.7. The Hall–Kier alpha value is -2.38. The van der Waals surface area contributed by atoms with E-state index in [0.29, 0.717) is 11.3 Å². The summed E-state index contributed by atoms with van der Waals surface area (Å²) in [4.78, 5) is 15.1. The smallest absolute Gasteiger partial charge is 0.254 e. The van der Waals surface area contributed by atoms with E-state index in [2.05, 4.69) is 4.90 Å². The molecule has 3 heterocycles. The monoisotopic (exact) mass is 412 g/mol. The number of hydrogen-bond acceptors (Lipinski definition) is 5.